The Morgan fingerprint density at radius 1 is 1.30 bits per heavy atom. The maximum Gasteiger partial charge on any atom is 0.242 e. The van der Waals surface area contributed by atoms with Gasteiger partial charge in [-0.15, -0.1) is 0 Å². The zero-order chi connectivity index (χ0) is 19.9. The Morgan fingerprint density at radius 3 is 2.48 bits per heavy atom. The normalized spacial score (nSPS) is 17.7. The molecule has 27 heavy (non-hydrogen) atoms. The minimum Gasteiger partial charge on any atom is -0.382 e. The number of ether oxygens (including phenoxy) is 1. The summed E-state index contributed by atoms with van der Waals surface area (Å²) in [7, 11) is -2.14. The fourth-order valence-electron chi connectivity index (χ4n) is 2.84. The third-order valence-corrected chi connectivity index (χ3v) is 5.97. The van der Waals surface area contributed by atoms with E-state index in [4.69, 9.17) is 10.5 Å². The Morgan fingerprint density at radius 2 is 1.93 bits per heavy atom. The number of methoxy groups -OCH3 is 1. The van der Waals surface area contributed by atoms with Crippen molar-refractivity contribution in [2.45, 2.75) is 18.9 Å². The summed E-state index contributed by atoms with van der Waals surface area (Å²) in [5.74, 6) is -1.35. The maximum atomic E-state index is 12.4. The Balaban J connectivity index is 1.91. The Kier molecular flexibility index (Phi) is 7.52. The highest BCUT2D eigenvalue weighted by Crippen LogP contribution is 2.21. The number of hydrogen-bond acceptors (Lipinski definition) is 5. The lowest BCUT2D eigenvalue weighted by Crippen LogP contribution is -2.50. The molecule has 1 aliphatic heterocycles. The molecule has 0 saturated carbocycles. The van der Waals surface area contributed by atoms with Crippen molar-refractivity contribution in [1.82, 2.24) is 9.62 Å². The molecule has 0 aliphatic carbocycles. The maximum absolute atomic E-state index is 12.4. The summed E-state index contributed by atoms with van der Waals surface area (Å²) in [6, 6.07) is 8.27. The number of piperidine rings is 1. The van der Waals surface area contributed by atoms with Crippen LogP contribution in [0.15, 0.2) is 35.7 Å². The van der Waals surface area contributed by atoms with Gasteiger partial charge in [0.15, 0.2) is 0 Å². The Labute approximate surface area is 159 Å². The monoisotopic (exact) mass is 395 g/mol. The average molecular weight is 395 g/mol. The van der Waals surface area contributed by atoms with Crippen LogP contribution in [0.1, 0.15) is 18.4 Å². The summed E-state index contributed by atoms with van der Waals surface area (Å²) in [4.78, 5) is 23.6. The Hall–Kier alpha value is -2.23. The molecule has 1 aromatic rings. The molecule has 1 unspecified atom stereocenters. The molecular formula is C18H25N3O5S. The van der Waals surface area contributed by atoms with Crippen LogP contribution in [-0.4, -0.2) is 57.4 Å². The number of primary amides is 1. The van der Waals surface area contributed by atoms with Crippen LogP contribution in [0.3, 0.4) is 0 Å². The van der Waals surface area contributed by atoms with Gasteiger partial charge in [0.05, 0.1) is 6.61 Å². The number of nitrogens with two attached hydrogens (primary N) is 1. The fourth-order valence-corrected chi connectivity index (χ4v) is 4.06. The van der Waals surface area contributed by atoms with E-state index >= 15 is 0 Å². The smallest absolute Gasteiger partial charge is 0.242 e. The molecule has 0 aromatic heterocycles. The van der Waals surface area contributed by atoms with E-state index < -0.39 is 22.0 Å². The third kappa shape index (κ3) is 6.16. The van der Waals surface area contributed by atoms with E-state index in [1.165, 1.54) is 16.8 Å². The summed E-state index contributed by atoms with van der Waals surface area (Å²) in [5.41, 5.74) is 6.03. The highest BCUT2D eigenvalue weighted by atomic mass is 32.2. The van der Waals surface area contributed by atoms with Crippen LogP contribution >= 0.6 is 0 Å². The van der Waals surface area contributed by atoms with Crippen LogP contribution in [0.5, 0.6) is 0 Å². The first-order chi connectivity index (χ1) is 12.8. The lowest BCUT2D eigenvalue weighted by molar-refractivity contribution is -0.131. The number of carbonyl (C=O) groups is 2. The molecule has 0 bridgehead atoms. The van der Waals surface area contributed by atoms with E-state index in [-0.39, 0.29) is 31.5 Å². The van der Waals surface area contributed by atoms with Crippen molar-refractivity contribution in [1.29, 1.82) is 0 Å². The zero-order valence-corrected chi connectivity index (χ0v) is 16.0. The van der Waals surface area contributed by atoms with Gasteiger partial charge < -0.3 is 15.8 Å². The number of amides is 2. The standard InChI is InChI=1S/C18H25N3O5S/c1-26-13-16(17(19)22)20-18(23)15-7-10-21(11-8-15)27(24,25)12-9-14-5-3-2-4-6-14/h2-6,9,12,15-16H,7-8,10-11,13H2,1H3,(H2,19,22)(H,20,23)/b12-9+. The zero-order valence-electron chi connectivity index (χ0n) is 15.2. The van der Waals surface area contributed by atoms with Crippen molar-refractivity contribution in [3.63, 3.8) is 0 Å². The molecule has 1 aromatic carbocycles. The molecular weight excluding hydrogens is 370 g/mol. The average Bonchev–Trinajstić information content (AvgIpc) is 2.67. The van der Waals surface area contributed by atoms with E-state index in [1.54, 1.807) is 6.08 Å². The first kappa shape index (κ1) is 21.1. The number of hydrogen-bond donors (Lipinski definition) is 2. The summed E-state index contributed by atoms with van der Waals surface area (Å²) >= 11 is 0. The van der Waals surface area contributed by atoms with Gasteiger partial charge in [0.25, 0.3) is 0 Å². The van der Waals surface area contributed by atoms with E-state index in [1.807, 2.05) is 30.3 Å². The van der Waals surface area contributed by atoms with Crippen molar-refractivity contribution >= 4 is 27.9 Å². The molecule has 0 spiro atoms. The molecule has 1 saturated heterocycles. The topological polar surface area (TPSA) is 119 Å². The van der Waals surface area contributed by atoms with Gasteiger partial charge in [0.2, 0.25) is 21.8 Å². The van der Waals surface area contributed by atoms with Gasteiger partial charge in [-0.3, -0.25) is 9.59 Å². The van der Waals surface area contributed by atoms with Crippen molar-refractivity contribution in [3.05, 3.63) is 41.3 Å². The van der Waals surface area contributed by atoms with Gasteiger partial charge in [-0.1, -0.05) is 30.3 Å². The first-order valence-corrected chi connectivity index (χ1v) is 10.2. The lowest BCUT2D eigenvalue weighted by atomic mass is 9.97. The van der Waals surface area contributed by atoms with Crippen LogP contribution in [0.25, 0.3) is 6.08 Å². The van der Waals surface area contributed by atoms with Gasteiger partial charge in [-0.25, -0.2) is 8.42 Å². The minimum absolute atomic E-state index is 0.00141. The van der Waals surface area contributed by atoms with Gasteiger partial charge >= 0.3 is 0 Å². The first-order valence-electron chi connectivity index (χ1n) is 8.65. The predicted octanol–water partition coefficient (Wildman–Crippen LogP) is 0.316. The summed E-state index contributed by atoms with van der Waals surface area (Å²) in [6.07, 6.45) is 2.31. The summed E-state index contributed by atoms with van der Waals surface area (Å²) in [6.45, 7) is 0.481. The third-order valence-electron chi connectivity index (χ3n) is 4.41. The predicted molar refractivity (Wildman–Crippen MR) is 102 cm³/mol. The minimum atomic E-state index is -3.55. The second-order valence-corrected chi connectivity index (χ2v) is 8.17. The molecule has 148 valence electrons. The number of nitrogens with one attached hydrogen (secondary N) is 1. The van der Waals surface area contributed by atoms with Crippen LogP contribution in [-0.2, 0) is 24.3 Å². The largest absolute Gasteiger partial charge is 0.382 e. The van der Waals surface area contributed by atoms with Gasteiger partial charge in [0, 0.05) is 31.5 Å². The molecule has 2 amide bonds. The number of benzene rings is 1. The van der Waals surface area contributed by atoms with Crippen molar-refractivity contribution in [2.24, 2.45) is 11.7 Å². The van der Waals surface area contributed by atoms with E-state index in [0.29, 0.717) is 12.8 Å². The van der Waals surface area contributed by atoms with Crippen LogP contribution in [0.4, 0.5) is 0 Å². The second kappa shape index (κ2) is 9.63. The molecule has 1 atom stereocenters. The van der Waals surface area contributed by atoms with Crippen molar-refractivity contribution < 1.29 is 22.7 Å². The quantitative estimate of drug-likeness (QED) is 0.657. The van der Waals surface area contributed by atoms with Gasteiger partial charge in [0.1, 0.15) is 6.04 Å². The lowest BCUT2D eigenvalue weighted by Gasteiger charge is -2.30. The molecule has 8 nitrogen and oxygen atoms in total. The van der Waals surface area contributed by atoms with Gasteiger partial charge in [-0.05, 0) is 24.5 Å². The molecule has 2 rings (SSSR count). The highest BCUT2D eigenvalue weighted by molar-refractivity contribution is 7.92. The van der Waals surface area contributed by atoms with Crippen LogP contribution < -0.4 is 11.1 Å². The number of rotatable bonds is 8. The second-order valence-electron chi connectivity index (χ2n) is 6.35. The Bertz CT molecular complexity index is 771. The summed E-state index contributed by atoms with van der Waals surface area (Å²) in [5, 5.41) is 3.75. The molecule has 9 heteroatoms. The number of carbonyl (C=O) groups excluding carboxylic acids is 2. The summed E-state index contributed by atoms with van der Waals surface area (Å²) < 4.78 is 31.1. The number of sulfonamides is 1. The number of nitrogens with zero attached hydrogens (tertiary/aromatic N) is 1. The van der Waals surface area contributed by atoms with E-state index in [2.05, 4.69) is 5.32 Å². The van der Waals surface area contributed by atoms with Crippen molar-refractivity contribution in [2.75, 3.05) is 26.8 Å². The van der Waals surface area contributed by atoms with Crippen molar-refractivity contribution in [3.8, 4) is 0 Å². The fraction of sp³-hybridized carbons (Fsp3) is 0.444. The molecule has 1 heterocycles. The highest BCUT2D eigenvalue weighted by Gasteiger charge is 2.31. The molecule has 1 aliphatic rings. The molecule has 3 N–H and O–H groups in total. The van der Waals surface area contributed by atoms with Crippen LogP contribution in [0.2, 0.25) is 0 Å². The van der Waals surface area contributed by atoms with E-state index in [9.17, 15) is 18.0 Å². The van der Waals surface area contributed by atoms with Gasteiger partial charge in [-0.2, -0.15) is 4.31 Å². The van der Waals surface area contributed by atoms with E-state index in [0.717, 1.165) is 5.56 Å². The molecule has 1 fully saturated rings. The van der Waals surface area contributed by atoms with Crippen LogP contribution in [0, 0.1) is 5.92 Å². The molecule has 0 radical (unpaired) electrons. The SMILES string of the molecule is COCC(NC(=O)C1CCN(S(=O)(=O)/C=C/c2ccccc2)CC1)C(N)=O.